The molecule has 0 spiro atoms. The van der Waals surface area contributed by atoms with Crippen molar-refractivity contribution in [2.24, 2.45) is 0 Å². The number of aromatic nitrogens is 5. The Labute approximate surface area is 139 Å². The fourth-order valence-corrected chi connectivity index (χ4v) is 3.31. The number of nitrogens with zero attached hydrogens (tertiary/aromatic N) is 4. The molecule has 4 heterocycles. The van der Waals surface area contributed by atoms with Gasteiger partial charge in [0.15, 0.2) is 5.82 Å². The zero-order chi connectivity index (χ0) is 15.5. The lowest BCUT2D eigenvalue weighted by molar-refractivity contribution is 0.424. The molecule has 23 heavy (non-hydrogen) atoms. The molecule has 4 rings (SSSR count). The van der Waals surface area contributed by atoms with E-state index in [2.05, 4.69) is 36.8 Å². The van der Waals surface area contributed by atoms with Crippen LogP contribution in [0.1, 0.15) is 16.5 Å². The average molecular weight is 345 g/mol. The minimum Gasteiger partial charge on any atom is -0.472 e. The molecule has 4 aromatic heterocycles. The van der Waals surface area contributed by atoms with Crippen molar-refractivity contribution in [1.82, 2.24) is 25.3 Å². The van der Waals surface area contributed by atoms with Gasteiger partial charge in [-0.1, -0.05) is 23.0 Å². The summed E-state index contributed by atoms with van der Waals surface area (Å²) >= 11 is 3.16. The fraction of sp³-hybridized carbons (Fsp3) is 0.143. The van der Waals surface area contributed by atoms with Gasteiger partial charge in [0.05, 0.1) is 17.6 Å². The Bertz CT molecular complexity index is 867. The number of rotatable bonds is 6. The fourth-order valence-electron chi connectivity index (χ4n) is 1.94. The maximum absolute atomic E-state index is 5.19. The molecule has 0 aromatic carbocycles. The van der Waals surface area contributed by atoms with Gasteiger partial charge in [-0.25, -0.2) is 4.98 Å². The van der Waals surface area contributed by atoms with Gasteiger partial charge < -0.3 is 8.94 Å². The first-order valence-corrected chi connectivity index (χ1v) is 8.65. The second-order valence-corrected chi connectivity index (χ2v) is 6.61. The molecule has 0 aliphatic carbocycles. The van der Waals surface area contributed by atoms with Gasteiger partial charge in [0.2, 0.25) is 5.16 Å². The molecular formula is C14H11N5O2S2. The molecular weight excluding hydrogens is 334 g/mol. The van der Waals surface area contributed by atoms with Crippen molar-refractivity contribution < 1.29 is 8.94 Å². The number of hydrogen-bond acceptors (Lipinski definition) is 8. The highest BCUT2D eigenvalue weighted by Crippen LogP contribution is 2.22. The van der Waals surface area contributed by atoms with Crippen molar-refractivity contribution in [1.29, 1.82) is 0 Å². The number of hydrogen-bond donors (Lipinski definition) is 1. The molecule has 0 atom stereocenters. The first-order valence-electron chi connectivity index (χ1n) is 6.78. The van der Waals surface area contributed by atoms with Crippen molar-refractivity contribution in [2.45, 2.75) is 17.3 Å². The van der Waals surface area contributed by atoms with E-state index in [1.54, 1.807) is 29.9 Å². The van der Waals surface area contributed by atoms with Crippen LogP contribution >= 0.6 is 23.1 Å². The molecule has 0 saturated carbocycles. The zero-order valence-electron chi connectivity index (χ0n) is 11.8. The van der Waals surface area contributed by atoms with Crippen molar-refractivity contribution >= 4 is 23.1 Å². The van der Waals surface area contributed by atoms with E-state index < -0.39 is 0 Å². The molecule has 9 heteroatoms. The highest BCUT2D eigenvalue weighted by atomic mass is 32.2. The van der Waals surface area contributed by atoms with Crippen LogP contribution in [0, 0.1) is 0 Å². The Morgan fingerprint density at radius 1 is 1.26 bits per heavy atom. The minimum atomic E-state index is 0.447. The van der Waals surface area contributed by atoms with Crippen LogP contribution in [0.25, 0.3) is 11.5 Å². The Hall–Kier alpha value is -2.39. The van der Waals surface area contributed by atoms with Crippen LogP contribution in [0.3, 0.4) is 0 Å². The standard InChI is InChI=1S/C14H11N5O2S2/c1-2-10(22-5-1)6-11-16-14(18-17-11)23-8-12-15-13(21-19-12)9-3-4-20-7-9/h1-5,7H,6,8H2,(H,16,17,18). The molecule has 0 fully saturated rings. The predicted molar refractivity (Wildman–Crippen MR) is 85.1 cm³/mol. The Kier molecular flexibility index (Phi) is 3.95. The summed E-state index contributed by atoms with van der Waals surface area (Å²) in [6.07, 6.45) is 3.89. The summed E-state index contributed by atoms with van der Waals surface area (Å²) < 4.78 is 10.2. The summed E-state index contributed by atoms with van der Waals surface area (Å²) in [7, 11) is 0. The van der Waals surface area contributed by atoms with Crippen LogP contribution in [0.5, 0.6) is 0 Å². The van der Waals surface area contributed by atoms with Crippen molar-refractivity contribution in [3.05, 3.63) is 52.6 Å². The summed E-state index contributed by atoms with van der Waals surface area (Å²) in [5, 5.41) is 13.8. The van der Waals surface area contributed by atoms with Crippen LogP contribution in [-0.2, 0) is 12.2 Å². The molecule has 0 radical (unpaired) electrons. The predicted octanol–water partition coefficient (Wildman–Crippen LogP) is 3.39. The summed E-state index contributed by atoms with van der Waals surface area (Å²) in [6.45, 7) is 0. The summed E-state index contributed by atoms with van der Waals surface area (Å²) in [5.41, 5.74) is 0.768. The van der Waals surface area contributed by atoms with Gasteiger partial charge in [-0.15, -0.1) is 16.4 Å². The maximum atomic E-state index is 5.19. The van der Waals surface area contributed by atoms with Crippen LogP contribution in [0.15, 0.2) is 50.2 Å². The van der Waals surface area contributed by atoms with E-state index in [1.807, 2.05) is 6.07 Å². The lowest BCUT2D eigenvalue weighted by atomic mass is 10.3. The monoisotopic (exact) mass is 345 g/mol. The van der Waals surface area contributed by atoms with Gasteiger partial charge in [-0.2, -0.15) is 4.98 Å². The number of thiophene rings is 1. The quantitative estimate of drug-likeness (QED) is 0.535. The molecule has 0 saturated heterocycles. The topological polar surface area (TPSA) is 93.6 Å². The summed E-state index contributed by atoms with van der Waals surface area (Å²) in [4.78, 5) is 10.0. The van der Waals surface area contributed by atoms with E-state index in [9.17, 15) is 0 Å². The van der Waals surface area contributed by atoms with Crippen LogP contribution in [-0.4, -0.2) is 25.3 Å². The number of nitrogens with one attached hydrogen (secondary N) is 1. The van der Waals surface area contributed by atoms with Crippen LogP contribution < -0.4 is 0 Å². The van der Waals surface area contributed by atoms with Gasteiger partial charge in [-0.05, 0) is 17.5 Å². The Balaban J connectivity index is 1.37. The van der Waals surface area contributed by atoms with Crippen molar-refractivity contribution in [3.63, 3.8) is 0 Å². The van der Waals surface area contributed by atoms with Crippen LogP contribution in [0.4, 0.5) is 0 Å². The molecule has 0 aliphatic rings. The normalized spacial score (nSPS) is 11.1. The smallest absolute Gasteiger partial charge is 0.261 e. The van der Waals surface area contributed by atoms with E-state index in [-0.39, 0.29) is 0 Å². The first kappa shape index (κ1) is 14.2. The SMILES string of the molecule is c1csc(Cc2nc(SCc3noc(-c4ccoc4)n3)n[nH]2)c1. The minimum absolute atomic E-state index is 0.447. The maximum Gasteiger partial charge on any atom is 0.261 e. The van der Waals surface area contributed by atoms with E-state index >= 15 is 0 Å². The van der Waals surface area contributed by atoms with Crippen molar-refractivity contribution in [2.75, 3.05) is 0 Å². The van der Waals surface area contributed by atoms with Gasteiger partial charge in [0, 0.05) is 11.3 Å². The van der Waals surface area contributed by atoms with E-state index in [0.29, 0.717) is 22.6 Å². The van der Waals surface area contributed by atoms with E-state index in [0.717, 1.165) is 17.8 Å². The molecule has 4 aromatic rings. The molecule has 0 bridgehead atoms. The Morgan fingerprint density at radius 3 is 3.09 bits per heavy atom. The highest BCUT2D eigenvalue weighted by molar-refractivity contribution is 7.98. The third kappa shape index (κ3) is 3.35. The molecule has 0 aliphatic heterocycles. The number of aromatic amines is 1. The van der Waals surface area contributed by atoms with Crippen LogP contribution in [0.2, 0.25) is 0 Å². The number of thioether (sulfide) groups is 1. The lowest BCUT2D eigenvalue weighted by Crippen LogP contribution is -1.87. The molecule has 1 N–H and O–H groups in total. The lowest BCUT2D eigenvalue weighted by Gasteiger charge is -1.91. The molecule has 0 amide bonds. The third-order valence-electron chi connectivity index (χ3n) is 3.00. The average Bonchev–Trinajstić information content (AvgIpc) is 3.33. The van der Waals surface area contributed by atoms with Gasteiger partial charge in [0.25, 0.3) is 5.89 Å². The summed E-state index contributed by atoms with van der Waals surface area (Å²) in [6, 6.07) is 5.88. The second-order valence-electron chi connectivity index (χ2n) is 4.64. The van der Waals surface area contributed by atoms with Gasteiger partial charge in [-0.3, -0.25) is 5.10 Å². The first-order chi connectivity index (χ1) is 11.4. The van der Waals surface area contributed by atoms with Gasteiger partial charge in [0.1, 0.15) is 12.1 Å². The Morgan fingerprint density at radius 2 is 2.26 bits per heavy atom. The molecule has 7 nitrogen and oxygen atoms in total. The number of furan rings is 1. The number of H-pyrrole nitrogens is 1. The van der Waals surface area contributed by atoms with E-state index in [4.69, 9.17) is 8.94 Å². The van der Waals surface area contributed by atoms with E-state index in [1.165, 1.54) is 16.6 Å². The largest absolute Gasteiger partial charge is 0.472 e. The third-order valence-corrected chi connectivity index (χ3v) is 4.72. The highest BCUT2D eigenvalue weighted by Gasteiger charge is 2.12. The van der Waals surface area contributed by atoms with Gasteiger partial charge >= 0.3 is 0 Å². The van der Waals surface area contributed by atoms with Crippen molar-refractivity contribution in [3.8, 4) is 11.5 Å². The summed E-state index contributed by atoms with van der Waals surface area (Å²) in [5.74, 6) is 2.43. The molecule has 0 unspecified atom stereocenters. The zero-order valence-corrected chi connectivity index (χ0v) is 13.4. The second kappa shape index (κ2) is 6.39. The molecule has 116 valence electrons.